The number of aromatic amines is 1. The molecule has 6 nitrogen and oxygen atoms in total. The van der Waals surface area contributed by atoms with Gasteiger partial charge in [-0.25, -0.2) is 0 Å². The van der Waals surface area contributed by atoms with Gasteiger partial charge in [-0.05, 0) is 12.1 Å². The number of H-pyrrole nitrogens is 1. The quantitative estimate of drug-likeness (QED) is 0.742. The van der Waals surface area contributed by atoms with Crippen LogP contribution in [0.3, 0.4) is 0 Å². The summed E-state index contributed by atoms with van der Waals surface area (Å²) in [7, 11) is 0. The Hall–Kier alpha value is -2.24. The Labute approximate surface area is 85.7 Å². The van der Waals surface area contributed by atoms with Crippen molar-refractivity contribution >= 4 is 5.91 Å². The number of hydrogen-bond acceptors (Lipinski definition) is 4. The van der Waals surface area contributed by atoms with E-state index in [2.05, 4.69) is 25.7 Å². The lowest BCUT2D eigenvalue weighted by Crippen LogP contribution is -2.23. The smallest absolute Gasteiger partial charge is 0.273 e. The highest BCUT2D eigenvalue weighted by Crippen LogP contribution is 1.94. The van der Waals surface area contributed by atoms with Crippen LogP contribution in [0.4, 0.5) is 0 Å². The molecule has 0 aliphatic rings. The largest absolute Gasteiger partial charge is 0.345 e. The highest BCUT2D eigenvalue weighted by Gasteiger charge is 2.07. The molecule has 76 valence electrons. The summed E-state index contributed by atoms with van der Waals surface area (Å²) < 4.78 is 0. The Balaban J connectivity index is 1.92. The molecular weight excluding hydrogens is 194 g/mol. The number of carbonyl (C=O) groups excluding carboxylic acids is 1. The monoisotopic (exact) mass is 203 g/mol. The number of hydrogen-bond donors (Lipinski definition) is 2. The molecule has 2 rings (SSSR count). The van der Waals surface area contributed by atoms with Gasteiger partial charge in [0, 0.05) is 6.20 Å². The number of amides is 1. The van der Waals surface area contributed by atoms with Crippen molar-refractivity contribution in [2.45, 2.75) is 6.54 Å². The van der Waals surface area contributed by atoms with E-state index < -0.39 is 0 Å². The Bertz CT molecular complexity index is 425. The lowest BCUT2D eigenvalue weighted by Gasteiger charge is -2.01. The Kier molecular flexibility index (Phi) is 2.68. The summed E-state index contributed by atoms with van der Waals surface area (Å²) in [5, 5.41) is 12.3. The van der Waals surface area contributed by atoms with Gasteiger partial charge in [0.1, 0.15) is 0 Å². The van der Waals surface area contributed by atoms with Crippen molar-refractivity contribution in [1.29, 1.82) is 0 Å². The van der Waals surface area contributed by atoms with E-state index in [4.69, 9.17) is 0 Å². The predicted octanol–water partition coefficient (Wildman–Crippen LogP) is 0.130. The summed E-state index contributed by atoms with van der Waals surface area (Å²) in [4.78, 5) is 15.5. The topological polar surface area (TPSA) is 83.6 Å². The Morgan fingerprint density at radius 2 is 2.40 bits per heavy atom. The van der Waals surface area contributed by atoms with Crippen LogP contribution in [-0.4, -0.2) is 26.3 Å². The third-order valence-electron chi connectivity index (χ3n) is 1.80. The summed E-state index contributed by atoms with van der Waals surface area (Å²) in [5.74, 6) is -0.269. The maximum absolute atomic E-state index is 11.4. The molecule has 0 spiro atoms. The van der Waals surface area contributed by atoms with Gasteiger partial charge in [-0.15, -0.1) is 0 Å². The first-order valence-electron chi connectivity index (χ1n) is 4.40. The normalized spacial score (nSPS) is 9.87. The molecule has 0 atom stereocenters. The molecule has 2 aromatic heterocycles. The van der Waals surface area contributed by atoms with Crippen LogP contribution in [0.2, 0.25) is 0 Å². The second-order valence-corrected chi connectivity index (χ2v) is 2.86. The molecule has 0 saturated heterocycles. The number of pyridine rings is 1. The third kappa shape index (κ3) is 2.37. The van der Waals surface area contributed by atoms with Gasteiger partial charge in [0.15, 0.2) is 5.69 Å². The van der Waals surface area contributed by atoms with E-state index >= 15 is 0 Å². The molecule has 6 heteroatoms. The van der Waals surface area contributed by atoms with Crippen LogP contribution in [0, 0.1) is 0 Å². The number of carbonyl (C=O) groups is 1. The first-order chi connectivity index (χ1) is 7.36. The van der Waals surface area contributed by atoms with Gasteiger partial charge in [0.25, 0.3) is 5.91 Å². The zero-order valence-electron chi connectivity index (χ0n) is 7.84. The van der Waals surface area contributed by atoms with E-state index in [-0.39, 0.29) is 11.6 Å². The molecule has 0 aliphatic carbocycles. The number of rotatable bonds is 3. The van der Waals surface area contributed by atoms with E-state index in [0.29, 0.717) is 6.54 Å². The van der Waals surface area contributed by atoms with Gasteiger partial charge in [-0.3, -0.25) is 9.78 Å². The summed E-state index contributed by atoms with van der Waals surface area (Å²) in [6, 6.07) is 5.52. The number of nitrogens with one attached hydrogen (secondary N) is 2. The van der Waals surface area contributed by atoms with Gasteiger partial charge in [-0.2, -0.15) is 15.4 Å². The second-order valence-electron chi connectivity index (χ2n) is 2.86. The van der Waals surface area contributed by atoms with Crippen molar-refractivity contribution in [2.24, 2.45) is 0 Å². The SMILES string of the molecule is O=C(NCc1ccccn1)c1cn[nH]n1. The van der Waals surface area contributed by atoms with Crippen LogP contribution in [0.15, 0.2) is 30.6 Å². The molecule has 0 aliphatic heterocycles. The van der Waals surface area contributed by atoms with Crippen molar-refractivity contribution in [1.82, 2.24) is 25.7 Å². The van der Waals surface area contributed by atoms with Gasteiger partial charge < -0.3 is 5.32 Å². The van der Waals surface area contributed by atoms with E-state index in [1.54, 1.807) is 6.20 Å². The first kappa shape index (κ1) is 9.32. The molecule has 0 bridgehead atoms. The molecule has 2 heterocycles. The summed E-state index contributed by atoms with van der Waals surface area (Å²) >= 11 is 0. The molecule has 0 saturated carbocycles. The molecule has 1 amide bonds. The summed E-state index contributed by atoms with van der Waals surface area (Å²) in [5.41, 5.74) is 1.07. The summed E-state index contributed by atoms with van der Waals surface area (Å²) in [6.45, 7) is 0.381. The number of aromatic nitrogens is 4. The third-order valence-corrected chi connectivity index (χ3v) is 1.80. The maximum atomic E-state index is 11.4. The van der Waals surface area contributed by atoms with Crippen LogP contribution in [-0.2, 0) is 6.54 Å². The van der Waals surface area contributed by atoms with Crippen LogP contribution in [0.1, 0.15) is 16.2 Å². The standard InChI is InChI=1S/C9H9N5O/c15-9(8-6-12-14-13-8)11-5-7-3-1-2-4-10-7/h1-4,6H,5H2,(H,11,15)(H,12,13,14). The van der Waals surface area contributed by atoms with Gasteiger partial charge in [0.05, 0.1) is 18.4 Å². The molecule has 0 aromatic carbocycles. The highest BCUT2D eigenvalue weighted by atomic mass is 16.1. The molecular formula is C9H9N5O. The highest BCUT2D eigenvalue weighted by molar-refractivity contribution is 5.91. The maximum Gasteiger partial charge on any atom is 0.273 e. The molecule has 0 radical (unpaired) electrons. The van der Waals surface area contributed by atoms with Crippen LogP contribution in [0.5, 0.6) is 0 Å². The van der Waals surface area contributed by atoms with E-state index in [9.17, 15) is 4.79 Å². The lowest BCUT2D eigenvalue weighted by molar-refractivity contribution is 0.0945. The molecule has 2 N–H and O–H groups in total. The lowest BCUT2D eigenvalue weighted by atomic mass is 10.3. The minimum absolute atomic E-state index is 0.269. The number of nitrogens with zero attached hydrogens (tertiary/aromatic N) is 3. The fourth-order valence-electron chi connectivity index (χ4n) is 1.08. The zero-order valence-corrected chi connectivity index (χ0v) is 7.84. The van der Waals surface area contributed by atoms with E-state index in [1.165, 1.54) is 6.20 Å². The molecule has 2 aromatic rings. The first-order valence-corrected chi connectivity index (χ1v) is 4.40. The predicted molar refractivity (Wildman–Crippen MR) is 51.8 cm³/mol. The Morgan fingerprint density at radius 1 is 1.47 bits per heavy atom. The molecule has 0 unspecified atom stereocenters. The fourth-order valence-corrected chi connectivity index (χ4v) is 1.08. The van der Waals surface area contributed by atoms with Crippen LogP contribution >= 0.6 is 0 Å². The van der Waals surface area contributed by atoms with E-state index in [0.717, 1.165) is 5.69 Å². The average Bonchev–Trinajstić information content (AvgIpc) is 2.81. The zero-order chi connectivity index (χ0) is 10.5. The van der Waals surface area contributed by atoms with Crippen molar-refractivity contribution in [3.05, 3.63) is 42.0 Å². The molecule has 0 fully saturated rings. The van der Waals surface area contributed by atoms with E-state index in [1.807, 2.05) is 18.2 Å². The van der Waals surface area contributed by atoms with Crippen molar-refractivity contribution in [2.75, 3.05) is 0 Å². The fraction of sp³-hybridized carbons (Fsp3) is 0.111. The average molecular weight is 203 g/mol. The van der Waals surface area contributed by atoms with Crippen LogP contribution < -0.4 is 5.32 Å². The minimum atomic E-state index is -0.269. The Morgan fingerprint density at radius 3 is 3.07 bits per heavy atom. The van der Waals surface area contributed by atoms with Gasteiger partial charge in [-0.1, -0.05) is 6.07 Å². The molecule has 15 heavy (non-hydrogen) atoms. The summed E-state index contributed by atoms with van der Waals surface area (Å²) in [6.07, 6.45) is 3.05. The van der Waals surface area contributed by atoms with Crippen molar-refractivity contribution in [3.8, 4) is 0 Å². The van der Waals surface area contributed by atoms with Gasteiger partial charge in [0.2, 0.25) is 0 Å². The van der Waals surface area contributed by atoms with Crippen molar-refractivity contribution in [3.63, 3.8) is 0 Å². The van der Waals surface area contributed by atoms with Crippen LogP contribution in [0.25, 0.3) is 0 Å². The van der Waals surface area contributed by atoms with Crippen molar-refractivity contribution < 1.29 is 4.79 Å². The van der Waals surface area contributed by atoms with Gasteiger partial charge >= 0.3 is 0 Å². The minimum Gasteiger partial charge on any atom is -0.345 e. The second kappa shape index (κ2) is 4.32.